The van der Waals surface area contributed by atoms with Crippen LogP contribution in [0.2, 0.25) is 0 Å². The summed E-state index contributed by atoms with van der Waals surface area (Å²) in [6.45, 7) is 5.20. The van der Waals surface area contributed by atoms with Crippen LogP contribution in [0.25, 0.3) is 0 Å². The van der Waals surface area contributed by atoms with Gasteiger partial charge in [-0.05, 0) is 49.8 Å². The maximum atomic E-state index is 5.15. The van der Waals surface area contributed by atoms with E-state index >= 15 is 0 Å². The molecule has 1 aliphatic rings. The number of benzene rings is 1. The molecule has 1 heterocycles. The number of aromatic nitrogens is 1. The molecule has 1 unspecified atom stereocenters. The topological polar surface area (TPSA) is 38.1 Å². The fraction of sp³-hybridized carbons (Fsp3) is 0.438. The molecule has 1 atom stereocenters. The molecule has 3 rings (SSSR count). The quantitative estimate of drug-likeness (QED) is 0.910. The zero-order valence-corrected chi connectivity index (χ0v) is 11.6. The van der Waals surface area contributed by atoms with Gasteiger partial charge >= 0.3 is 0 Å². The van der Waals surface area contributed by atoms with Crippen LogP contribution in [0.1, 0.15) is 41.6 Å². The summed E-state index contributed by atoms with van der Waals surface area (Å²) < 4.78 is 5.15. The highest BCUT2D eigenvalue weighted by molar-refractivity contribution is 5.48. The Morgan fingerprint density at radius 1 is 1.42 bits per heavy atom. The van der Waals surface area contributed by atoms with E-state index in [0.717, 1.165) is 37.2 Å². The van der Waals surface area contributed by atoms with Crippen LogP contribution in [0.5, 0.6) is 0 Å². The van der Waals surface area contributed by atoms with Crippen LogP contribution in [0.3, 0.4) is 0 Å². The highest BCUT2D eigenvalue weighted by Crippen LogP contribution is 2.36. The predicted octanol–water partition coefficient (Wildman–Crippen LogP) is 3.69. The fourth-order valence-corrected chi connectivity index (χ4v) is 3.09. The van der Waals surface area contributed by atoms with Crippen LogP contribution >= 0.6 is 0 Å². The van der Waals surface area contributed by atoms with Gasteiger partial charge in [-0.3, -0.25) is 0 Å². The van der Waals surface area contributed by atoms with Gasteiger partial charge in [0.1, 0.15) is 12.0 Å². The minimum atomic E-state index is 0.474. The number of hydrogen-bond donors (Lipinski definition) is 1. The molecule has 1 aromatic heterocycles. The van der Waals surface area contributed by atoms with Crippen LogP contribution in [-0.4, -0.2) is 11.7 Å². The second kappa shape index (κ2) is 5.08. The smallest absolute Gasteiger partial charge is 0.147 e. The number of nitrogens with zero attached hydrogens (tertiary/aromatic N) is 1. The van der Waals surface area contributed by atoms with Crippen LogP contribution in [-0.2, 0) is 12.8 Å². The van der Waals surface area contributed by atoms with Crippen molar-refractivity contribution in [2.75, 3.05) is 11.9 Å². The second-order valence-corrected chi connectivity index (χ2v) is 5.30. The number of hydrogen-bond acceptors (Lipinski definition) is 3. The third-order valence-electron chi connectivity index (χ3n) is 4.07. The van der Waals surface area contributed by atoms with Gasteiger partial charge in [0.25, 0.3) is 0 Å². The van der Waals surface area contributed by atoms with E-state index in [1.165, 1.54) is 16.7 Å². The molecule has 0 amide bonds. The number of fused-ring (bicyclic) bond motifs is 1. The van der Waals surface area contributed by atoms with Gasteiger partial charge in [-0.1, -0.05) is 23.4 Å². The van der Waals surface area contributed by atoms with E-state index in [-0.39, 0.29) is 0 Å². The molecule has 0 radical (unpaired) electrons. The van der Waals surface area contributed by atoms with E-state index < -0.39 is 0 Å². The molecule has 0 bridgehead atoms. The maximum Gasteiger partial charge on any atom is 0.147 e. The molecule has 100 valence electrons. The van der Waals surface area contributed by atoms with Gasteiger partial charge in [-0.2, -0.15) is 0 Å². The Kier molecular flexibility index (Phi) is 3.28. The molecule has 3 nitrogen and oxygen atoms in total. The second-order valence-electron chi connectivity index (χ2n) is 5.30. The molecule has 1 N–H and O–H groups in total. The Bertz CT molecular complexity index is 574. The lowest BCUT2D eigenvalue weighted by molar-refractivity contribution is 0.399. The van der Waals surface area contributed by atoms with Crippen LogP contribution in [0.15, 0.2) is 29.0 Å². The van der Waals surface area contributed by atoms with E-state index in [2.05, 4.69) is 42.5 Å². The third kappa shape index (κ3) is 2.25. The van der Waals surface area contributed by atoms with Gasteiger partial charge in [-0.15, -0.1) is 0 Å². The molecule has 0 saturated heterocycles. The highest BCUT2D eigenvalue weighted by Gasteiger charge is 2.25. The fourth-order valence-electron chi connectivity index (χ4n) is 3.09. The standard InChI is InChI=1S/C16H20N2O/c1-3-17-15-10-19-18-16(15)13-7-8-14-11(2)5-4-6-12(14)9-13/h4-6,10,13,17H,3,7-9H2,1-2H3. The minimum Gasteiger partial charge on any atom is -0.381 e. The maximum absolute atomic E-state index is 5.15. The Morgan fingerprint density at radius 3 is 3.16 bits per heavy atom. The Balaban J connectivity index is 1.87. The van der Waals surface area contributed by atoms with E-state index in [1.807, 2.05) is 0 Å². The average molecular weight is 256 g/mol. The molecule has 0 saturated carbocycles. The van der Waals surface area contributed by atoms with Crippen LogP contribution in [0, 0.1) is 6.92 Å². The lowest BCUT2D eigenvalue weighted by Gasteiger charge is -2.25. The van der Waals surface area contributed by atoms with Crippen molar-refractivity contribution in [3.63, 3.8) is 0 Å². The summed E-state index contributed by atoms with van der Waals surface area (Å²) in [6, 6.07) is 6.62. The van der Waals surface area contributed by atoms with Gasteiger partial charge in [-0.25, -0.2) is 0 Å². The molecule has 0 spiro atoms. The van der Waals surface area contributed by atoms with Crippen molar-refractivity contribution in [1.82, 2.24) is 5.16 Å². The first-order valence-corrected chi connectivity index (χ1v) is 7.05. The number of anilines is 1. The van der Waals surface area contributed by atoms with Crippen molar-refractivity contribution in [2.24, 2.45) is 0 Å². The number of rotatable bonds is 3. The average Bonchev–Trinajstić information content (AvgIpc) is 2.87. The molecule has 1 aromatic carbocycles. The molecule has 3 heteroatoms. The van der Waals surface area contributed by atoms with Crippen molar-refractivity contribution in [2.45, 2.75) is 39.0 Å². The summed E-state index contributed by atoms with van der Waals surface area (Å²) in [5, 5.41) is 7.55. The first-order valence-electron chi connectivity index (χ1n) is 7.05. The van der Waals surface area contributed by atoms with Crippen molar-refractivity contribution >= 4 is 5.69 Å². The van der Waals surface area contributed by atoms with Crippen molar-refractivity contribution in [3.05, 3.63) is 46.8 Å². The summed E-state index contributed by atoms with van der Waals surface area (Å²) in [7, 11) is 0. The normalized spacial score (nSPS) is 18.1. The van der Waals surface area contributed by atoms with Gasteiger partial charge in [0.05, 0.1) is 5.69 Å². The molecule has 1 aliphatic carbocycles. The molecule has 2 aromatic rings. The number of nitrogens with one attached hydrogen (secondary N) is 1. The lowest BCUT2D eigenvalue weighted by atomic mass is 9.80. The van der Waals surface area contributed by atoms with E-state index in [0.29, 0.717) is 5.92 Å². The SMILES string of the molecule is CCNc1conc1C1CCc2c(C)cccc2C1. The summed E-state index contributed by atoms with van der Waals surface area (Å²) in [5.41, 5.74) is 6.58. The summed E-state index contributed by atoms with van der Waals surface area (Å²) in [5.74, 6) is 0.474. The predicted molar refractivity (Wildman–Crippen MR) is 76.6 cm³/mol. The zero-order valence-electron chi connectivity index (χ0n) is 11.6. The Hall–Kier alpha value is -1.77. The van der Waals surface area contributed by atoms with E-state index in [1.54, 1.807) is 6.26 Å². The largest absolute Gasteiger partial charge is 0.381 e. The van der Waals surface area contributed by atoms with Crippen molar-refractivity contribution in [3.8, 4) is 0 Å². The van der Waals surface area contributed by atoms with E-state index in [4.69, 9.17) is 4.52 Å². The van der Waals surface area contributed by atoms with Crippen molar-refractivity contribution in [1.29, 1.82) is 0 Å². The van der Waals surface area contributed by atoms with E-state index in [9.17, 15) is 0 Å². The van der Waals surface area contributed by atoms with Crippen LogP contribution in [0.4, 0.5) is 5.69 Å². The first-order chi connectivity index (χ1) is 9.29. The lowest BCUT2D eigenvalue weighted by Crippen LogP contribution is -2.15. The number of aryl methyl sites for hydroxylation is 1. The summed E-state index contributed by atoms with van der Waals surface area (Å²) in [4.78, 5) is 0. The highest BCUT2D eigenvalue weighted by atomic mass is 16.5. The zero-order chi connectivity index (χ0) is 13.2. The van der Waals surface area contributed by atoms with Gasteiger partial charge in [0.2, 0.25) is 0 Å². The van der Waals surface area contributed by atoms with Crippen LogP contribution < -0.4 is 5.32 Å². The third-order valence-corrected chi connectivity index (χ3v) is 4.07. The molecular weight excluding hydrogens is 236 g/mol. The van der Waals surface area contributed by atoms with Gasteiger partial charge < -0.3 is 9.84 Å². The molecule has 0 aliphatic heterocycles. The minimum absolute atomic E-state index is 0.474. The van der Waals surface area contributed by atoms with Crippen molar-refractivity contribution < 1.29 is 4.52 Å². The first kappa shape index (κ1) is 12.3. The Labute approximate surface area is 114 Å². The molecule has 0 fully saturated rings. The molecule has 19 heavy (non-hydrogen) atoms. The monoisotopic (exact) mass is 256 g/mol. The summed E-state index contributed by atoms with van der Waals surface area (Å²) >= 11 is 0. The van der Waals surface area contributed by atoms with Gasteiger partial charge in [0.15, 0.2) is 0 Å². The van der Waals surface area contributed by atoms with Gasteiger partial charge in [0, 0.05) is 12.5 Å². The molecular formula is C16H20N2O. The Morgan fingerprint density at radius 2 is 2.32 bits per heavy atom. The summed E-state index contributed by atoms with van der Waals surface area (Å²) in [6.07, 6.45) is 5.10.